The molecule has 2 aromatic carbocycles. The van der Waals surface area contributed by atoms with Crippen molar-refractivity contribution < 1.29 is 19.1 Å². The van der Waals surface area contributed by atoms with Crippen LogP contribution < -0.4 is 9.47 Å². The average molecular weight is 362 g/mol. The summed E-state index contributed by atoms with van der Waals surface area (Å²) in [5.74, 6) is 0.395. The molecule has 2 aliphatic rings. The van der Waals surface area contributed by atoms with Crippen LogP contribution in [0.1, 0.15) is 30.4 Å². The van der Waals surface area contributed by atoms with Crippen molar-refractivity contribution in [3.05, 3.63) is 70.8 Å². The summed E-state index contributed by atoms with van der Waals surface area (Å²) in [6.07, 6.45) is 2.67. The summed E-state index contributed by atoms with van der Waals surface area (Å²) in [6, 6.07) is 14.8. The Morgan fingerprint density at radius 1 is 0.741 bits per heavy atom. The topological polar surface area (TPSA) is 52.6 Å². The predicted molar refractivity (Wildman–Crippen MR) is 101 cm³/mol. The third kappa shape index (κ3) is 3.27. The van der Waals surface area contributed by atoms with Gasteiger partial charge in [0.25, 0.3) is 0 Å². The van der Waals surface area contributed by atoms with Gasteiger partial charge in [-0.05, 0) is 68.2 Å². The summed E-state index contributed by atoms with van der Waals surface area (Å²) in [5.41, 5.74) is 2.79. The van der Waals surface area contributed by atoms with E-state index >= 15 is 0 Å². The molecule has 2 aromatic rings. The van der Waals surface area contributed by atoms with Crippen LogP contribution in [0.2, 0.25) is 0 Å². The number of ether oxygens (including phenoxy) is 2. The molecule has 1 saturated carbocycles. The van der Waals surface area contributed by atoms with Crippen molar-refractivity contribution >= 4 is 11.9 Å². The molecule has 27 heavy (non-hydrogen) atoms. The Morgan fingerprint density at radius 2 is 1.15 bits per heavy atom. The van der Waals surface area contributed by atoms with Gasteiger partial charge in [0.05, 0.1) is 11.1 Å². The third-order valence-corrected chi connectivity index (χ3v) is 5.57. The van der Waals surface area contributed by atoms with E-state index in [1.807, 2.05) is 50.2 Å². The van der Waals surface area contributed by atoms with E-state index in [0.29, 0.717) is 22.6 Å². The number of rotatable bonds is 4. The fraction of sp³-hybridized carbons (Fsp3) is 0.304. The maximum absolute atomic E-state index is 12.9. The smallest absolute Gasteiger partial charge is 0.340 e. The molecular formula is C23H22O4. The van der Waals surface area contributed by atoms with Crippen LogP contribution in [0.5, 0.6) is 11.5 Å². The molecule has 2 aliphatic carbocycles. The SMILES string of the molecule is Cc1ccccc1OC(=O)C1=C(C(=O)Oc2ccccc2C)C2CCC1C2. The summed E-state index contributed by atoms with van der Waals surface area (Å²) in [4.78, 5) is 25.8. The summed E-state index contributed by atoms with van der Waals surface area (Å²) >= 11 is 0. The molecule has 4 nitrogen and oxygen atoms in total. The minimum Gasteiger partial charge on any atom is -0.423 e. The van der Waals surface area contributed by atoms with Gasteiger partial charge >= 0.3 is 11.9 Å². The second-order valence-corrected chi connectivity index (χ2v) is 7.34. The van der Waals surface area contributed by atoms with Crippen molar-refractivity contribution in [2.24, 2.45) is 11.8 Å². The molecular weight excluding hydrogens is 340 g/mol. The summed E-state index contributed by atoms with van der Waals surface area (Å²) in [6.45, 7) is 3.79. The Balaban J connectivity index is 1.63. The average Bonchev–Trinajstić information content (AvgIpc) is 3.27. The molecule has 4 rings (SSSR count). The van der Waals surface area contributed by atoms with E-state index in [-0.39, 0.29) is 11.8 Å². The van der Waals surface area contributed by atoms with Crippen LogP contribution in [0.3, 0.4) is 0 Å². The molecule has 4 heteroatoms. The van der Waals surface area contributed by atoms with Gasteiger partial charge in [0.2, 0.25) is 0 Å². The molecule has 0 amide bonds. The largest absolute Gasteiger partial charge is 0.423 e. The van der Waals surface area contributed by atoms with Gasteiger partial charge in [-0.2, -0.15) is 0 Å². The van der Waals surface area contributed by atoms with E-state index in [0.717, 1.165) is 30.4 Å². The molecule has 0 aliphatic heterocycles. The van der Waals surface area contributed by atoms with Crippen molar-refractivity contribution in [2.75, 3.05) is 0 Å². The van der Waals surface area contributed by atoms with Crippen molar-refractivity contribution in [2.45, 2.75) is 33.1 Å². The van der Waals surface area contributed by atoms with E-state index < -0.39 is 11.9 Å². The van der Waals surface area contributed by atoms with Crippen LogP contribution >= 0.6 is 0 Å². The lowest BCUT2D eigenvalue weighted by atomic mass is 9.91. The van der Waals surface area contributed by atoms with Gasteiger partial charge in [-0.25, -0.2) is 9.59 Å². The molecule has 138 valence electrons. The van der Waals surface area contributed by atoms with Crippen LogP contribution in [-0.4, -0.2) is 11.9 Å². The standard InChI is InChI=1S/C23H22O4/c1-14-7-3-5-9-18(14)26-22(24)20-16-11-12-17(13-16)21(20)23(25)27-19-10-6-4-8-15(19)2/h3-10,16-17H,11-13H2,1-2H3. The summed E-state index contributed by atoms with van der Waals surface area (Å²) in [5, 5.41) is 0. The highest BCUT2D eigenvalue weighted by atomic mass is 16.5. The summed E-state index contributed by atoms with van der Waals surface area (Å²) < 4.78 is 11.3. The molecule has 2 atom stereocenters. The van der Waals surface area contributed by atoms with Gasteiger partial charge in [-0.15, -0.1) is 0 Å². The third-order valence-electron chi connectivity index (χ3n) is 5.57. The Morgan fingerprint density at radius 3 is 1.56 bits per heavy atom. The number of fused-ring (bicyclic) bond motifs is 2. The second-order valence-electron chi connectivity index (χ2n) is 7.34. The minimum atomic E-state index is -0.423. The van der Waals surface area contributed by atoms with Crippen molar-refractivity contribution in [3.63, 3.8) is 0 Å². The first kappa shape index (κ1) is 17.5. The first-order valence-electron chi connectivity index (χ1n) is 9.34. The molecule has 0 saturated heterocycles. The zero-order valence-corrected chi connectivity index (χ0v) is 15.5. The number of aryl methyl sites for hydroxylation is 2. The van der Waals surface area contributed by atoms with Crippen molar-refractivity contribution in [1.29, 1.82) is 0 Å². The lowest BCUT2D eigenvalue weighted by Crippen LogP contribution is -2.24. The maximum Gasteiger partial charge on any atom is 0.340 e. The molecule has 0 N–H and O–H groups in total. The van der Waals surface area contributed by atoms with E-state index in [1.165, 1.54) is 0 Å². The number of carbonyl (C=O) groups excluding carboxylic acids is 2. The minimum absolute atomic E-state index is 0.0888. The Kier molecular flexibility index (Phi) is 4.56. The van der Waals surface area contributed by atoms with Gasteiger partial charge in [-0.3, -0.25) is 0 Å². The molecule has 0 spiro atoms. The lowest BCUT2D eigenvalue weighted by Gasteiger charge is -2.18. The molecule has 2 unspecified atom stereocenters. The van der Waals surface area contributed by atoms with Gasteiger partial charge in [0, 0.05) is 0 Å². The fourth-order valence-electron chi connectivity index (χ4n) is 4.15. The monoisotopic (exact) mass is 362 g/mol. The van der Waals surface area contributed by atoms with E-state index in [2.05, 4.69) is 0 Å². The zero-order chi connectivity index (χ0) is 19.0. The number of hydrogen-bond donors (Lipinski definition) is 0. The normalized spacial score (nSPS) is 20.7. The Bertz CT molecular complexity index is 865. The molecule has 1 fully saturated rings. The zero-order valence-electron chi connectivity index (χ0n) is 15.5. The highest BCUT2D eigenvalue weighted by Crippen LogP contribution is 2.49. The number of para-hydroxylation sites is 2. The number of benzene rings is 2. The quantitative estimate of drug-likeness (QED) is 0.592. The van der Waals surface area contributed by atoms with Crippen LogP contribution in [0.4, 0.5) is 0 Å². The van der Waals surface area contributed by atoms with Crippen LogP contribution in [0, 0.1) is 25.7 Å². The molecule has 0 radical (unpaired) electrons. The Labute approximate surface area is 158 Å². The number of hydrogen-bond acceptors (Lipinski definition) is 4. The van der Waals surface area contributed by atoms with Crippen molar-refractivity contribution in [1.82, 2.24) is 0 Å². The maximum atomic E-state index is 12.9. The van der Waals surface area contributed by atoms with E-state index in [4.69, 9.17) is 9.47 Å². The second kappa shape index (κ2) is 7.03. The first-order valence-corrected chi connectivity index (χ1v) is 9.34. The highest BCUT2D eigenvalue weighted by Gasteiger charge is 2.46. The van der Waals surface area contributed by atoms with Gasteiger partial charge in [-0.1, -0.05) is 36.4 Å². The van der Waals surface area contributed by atoms with Gasteiger partial charge < -0.3 is 9.47 Å². The van der Waals surface area contributed by atoms with Crippen LogP contribution in [0.25, 0.3) is 0 Å². The van der Waals surface area contributed by atoms with E-state index in [9.17, 15) is 9.59 Å². The molecule has 2 bridgehead atoms. The lowest BCUT2D eigenvalue weighted by molar-refractivity contribution is -0.133. The van der Waals surface area contributed by atoms with Crippen LogP contribution in [0.15, 0.2) is 59.7 Å². The highest BCUT2D eigenvalue weighted by molar-refractivity contribution is 6.04. The van der Waals surface area contributed by atoms with Crippen LogP contribution in [-0.2, 0) is 9.59 Å². The van der Waals surface area contributed by atoms with Gasteiger partial charge in [0.1, 0.15) is 11.5 Å². The van der Waals surface area contributed by atoms with Crippen molar-refractivity contribution in [3.8, 4) is 11.5 Å². The number of esters is 2. The number of carbonyl (C=O) groups is 2. The predicted octanol–water partition coefficient (Wildman–Crippen LogP) is 4.54. The molecule has 0 aromatic heterocycles. The van der Waals surface area contributed by atoms with Gasteiger partial charge in [0.15, 0.2) is 0 Å². The summed E-state index contributed by atoms with van der Waals surface area (Å²) in [7, 11) is 0. The first-order chi connectivity index (χ1) is 13.0. The molecule has 0 heterocycles. The van der Waals surface area contributed by atoms with E-state index in [1.54, 1.807) is 12.1 Å². The fourth-order valence-corrected chi connectivity index (χ4v) is 4.15. The Hall–Kier alpha value is -2.88.